The van der Waals surface area contributed by atoms with Crippen LogP contribution in [0.1, 0.15) is 16.7 Å². The van der Waals surface area contributed by atoms with Crippen molar-refractivity contribution in [3.63, 3.8) is 0 Å². The van der Waals surface area contributed by atoms with E-state index in [9.17, 15) is 5.11 Å². The van der Waals surface area contributed by atoms with E-state index in [0.29, 0.717) is 18.7 Å². The zero-order valence-electron chi connectivity index (χ0n) is 21.8. The number of nitrogens with two attached hydrogens (primary N) is 1. The highest BCUT2D eigenvalue weighted by molar-refractivity contribution is 5.67. The molecule has 0 amide bonds. The van der Waals surface area contributed by atoms with Crippen LogP contribution in [0.5, 0.6) is 0 Å². The fourth-order valence-electron chi connectivity index (χ4n) is 4.16. The number of aliphatic hydroxyl groups excluding tert-OH is 2. The maximum absolute atomic E-state index is 9.18. The lowest BCUT2D eigenvalue weighted by atomic mass is 10.0. The van der Waals surface area contributed by atoms with Crippen LogP contribution in [0, 0.1) is 6.92 Å². The van der Waals surface area contributed by atoms with Crippen molar-refractivity contribution in [1.82, 2.24) is 19.9 Å². The summed E-state index contributed by atoms with van der Waals surface area (Å²) in [5.41, 5.74) is 14.4. The van der Waals surface area contributed by atoms with Crippen molar-refractivity contribution in [2.75, 3.05) is 18.9 Å². The lowest BCUT2D eigenvalue weighted by molar-refractivity contribution is 0.299. The number of aliphatic hydroxyl groups is 2. The third-order valence-corrected chi connectivity index (χ3v) is 6.09. The van der Waals surface area contributed by atoms with Gasteiger partial charge in [-0.25, -0.2) is 4.98 Å². The second-order valence-corrected chi connectivity index (χ2v) is 8.69. The minimum Gasteiger partial charge on any atom is -0.870 e. The van der Waals surface area contributed by atoms with Crippen LogP contribution in [0.15, 0.2) is 97.6 Å². The summed E-state index contributed by atoms with van der Waals surface area (Å²) in [7, 11) is 0. The predicted octanol–water partition coefficient (Wildman–Crippen LogP) is 4.74. The van der Waals surface area contributed by atoms with Crippen LogP contribution in [0.2, 0.25) is 0 Å². The molecule has 0 fully saturated rings. The van der Waals surface area contributed by atoms with Crippen LogP contribution in [-0.2, 0) is 12.8 Å². The summed E-state index contributed by atoms with van der Waals surface area (Å²) in [6.45, 7) is 2.33. The molecule has 0 radical (unpaired) electrons. The number of nitrogen functional groups attached to an aromatic ring is 1. The fraction of sp³-hybridized carbons (Fsp3) is 0.161. The summed E-state index contributed by atoms with van der Waals surface area (Å²) in [6, 6.07) is 24.0. The molecule has 8 heteroatoms. The smallest absolute Gasteiger partial charge is 0.141 e. The average molecular weight is 523 g/mol. The SMILES string of the molecule is Cc1ccccc1-c1cnc(-c2ccccc2CCO)cn1.Nc1cnc(-c2ccccc2CCO)cn1.[OH-]. The highest BCUT2D eigenvalue weighted by Crippen LogP contribution is 2.25. The highest BCUT2D eigenvalue weighted by Gasteiger charge is 2.08. The molecule has 200 valence electrons. The normalized spacial score (nSPS) is 10.2. The van der Waals surface area contributed by atoms with Gasteiger partial charge in [-0.15, -0.1) is 0 Å². The Kier molecular flexibility index (Phi) is 10.8. The van der Waals surface area contributed by atoms with Gasteiger partial charge < -0.3 is 21.4 Å². The van der Waals surface area contributed by atoms with E-state index >= 15 is 0 Å². The first kappa shape index (κ1) is 29.1. The van der Waals surface area contributed by atoms with E-state index in [1.165, 1.54) is 11.8 Å². The van der Waals surface area contributed by atoms with Gasteiger partial charge in [0.25, 0.3) is 0 Å². The lowest BCUT2D eigenvalue weighted by Crippen LogP contribution is -1.97. The Labute approximate surface area is 228 Å². The van der Waals surface area contributed by atoms with Crippen LogP contribution in [-0.4, -0.2) is 48.8 Å². The molecule has 0 aliphatic carbocycles. The molecule has 5 rings (SSSR count). The summed E-state index contributed by atoms with van der Waals surface area (Å²) < 4.78 is 0. The van der Waals surface area contributed by atoms with Crippen molar-refractivity contribution in [3.8, 4) is 33.8 Å². The first-order valence-electron chi connectivity index (χ1n) is 12.4. The number of nitrogens with zero attached hydrogens (tertiary/aromatic N) is 4. The molecule has 39 heavy (non-hydrogen) atoms. The van der Waals surface area contributed by atoms with Gasteiger partial charge >= 0.3 is 0 Å². The van der Waals surface area contributed by atoms with Crippen LogP contribution < -0.4 is 5.73 Å². The minimum atomic E-state index is 0. The van der Waals surface area contributed by atoms with Crippen molar-refractivity contribution >= 4 is 5.82 Å². The molecule has 0 aliphatic heterocycles. The number of rotatable bonds is 7. The fourth-order valence-corrected chi connectivity index (χ4v) is 4.16. The molecule has 0 bridgehead atoms. The van der Waals surface area contributed by atoms with E-state index in [1.807, 2.05) is 66.9 Å². The summed E-state index contributed by atoms with van der Waals surface area (Å²) in [4.78, 5) is 17.4. The van der Waals surface area contributed by atoms with Gasteiger partial charge in [0.15, 0.2) is 0 Å². The summed E-state index contributed by atoms with van der Waals surface area (Å²) >= 11 is 0. The van der Waals surface area contributed by atoms with E-state index < -0.39 is 0 Å². The van der Waals surface area contributed by atoms with E-state index in [4.69, 9.17) is 10.8 Å². The number of hydrogen-bond acceptors (Lipinski definition) is 8. The Balaban J connectivity index is 0.000000220. The van der Waals surface area contributed by atoms with E-state index in [2.05, 4.69) is 39.0 Å². The van der Waals surface area contributed by atoms with Crippen LogP contribution >= 0.6 is 0 Å². The first-order valence-corrected chi connectivity index (χ1v) is 12.4. The molecule has 0 spiro atoms. The molecule has 5 N–H and O–H groups in total. The van der Waals surface area contributed by atoms with Gasteiger partial charge in [0, 0.05) is 29.9 Å². The third kappa shape index (κ3) is 7.52. The number of anilines is 1. The monoisotopic (exact) mass is 522 g/mol. The summed E-state index contributed by atoms with van der Waals surface area (Å²) in [5, 5.41) is 18.2. The molecule has 2 aromatic heterocycles. The van der Waals surface area contributed by atoms with Gasteiger partial charge in [-0.3, -0.25) is 15.0 Å². The Morgan fingerprint density at radius 1 is 0.564 bits per heavy atom. The maximum Gasteiger partial charge on any atom is 0.141 e. The molecule has 0 saturated heterocycles. The largest absolute Gasteiger partial charge is 0.870 e. The Hall–Kier alpha value is -4.50. The Bertz CT molecular complexity index is 1460. The third-order valence-electron chi connectivity index (χ3n) is 6.09. The van der Waals surface area contributed by atoms with Gasteiger partial charge in [-0.1, -0.05) is 72.8 Å². The van der Waals surface area contributed by atoms with Crippen molar-refractivity contribution in [3.05, 3.63) is 114 Å². The molecular formula is C31H32N5O3-. The summed E-state index contributed by atoms with van der Waals surface area (Å²) in [6.07, 6.45) is 8.03. The van der Waals surface area contributed by atoms with Crippen molar-refractivity contribution in [1.29, 1.82) is 0 Å². The molecular weight excluding hydrogens is 490 g/mol. The quantitative estimate of drug-likeness (QED) is 0.278. The van der Waals surface area contributed by atoms with E-state index in [-0.39, 0.29) is 18.7 Å². The molecule has 0 atom stereocenters. The van der Waals surface area contributed by atoms with E-state index in [0.717, 1.165) is 44.9 Å². The van der Waals surface area contributed by atoms with Crippen molar-refractivity contribution in [2.45, 2.75) is 19.8 Å². The van der Waals surface area contributed by atoms with Crippen molar-refractivity contribution in [2.24, 2.45) is 0 Å². The zero-order chi connectivity index (χ0) is 26.7. The minimum absolute atomic E-state index is 0. The molecule has 3 aromatic carbocycles. The maximum atomic E-state index is 9.18. The van der Waals surface area contributed by atoms with Gasteiger partial charge in [-0.05, 0) is 36.5 Å². The summed E-state index contributed by atoms with van der Waals surface area (Å²) in [5.74, 6) is 0.406. The lowest BCUT2D eigenvalue weighted by Gasteiger charge is -2.09. The Morgan fingerprint density at radius 3 is 1.41 bits per heavy atom. The molecule has 0 unspecified atom stereocenters. The van der Waals surface area contributed by atoms with Gasteiger partial charge in [0.2, 0.25) is 0 Å². The zero-order valence-corrected chi connectivity index (χ0v) is 21.8. The number of benzene rings is 3. The molecule has 8 nitrogen and oxygen atoms in total. The second-order valence-electron chi connectivity index (χ2n) is 8.69. The van der Waals surface area contributed by atoms with E-state index in [1.54, 1.807) is 12.4 Å². The van der Waals surface area contributed by atoms with Gasteiger partial charge in [0.1, 0.15) is 5.82 Å². The van der Waals surface area contributed by atoms with Crippen LogP contribution in [0.3, 0.4) is 0 Å². The molecule has 5 aromatic rings. The average Bonchev–Trinajstić information content (AvgIpc) is 2.95. The van der Waals surface area contributed by atoms with Gasteiger partial charge in [-0.2, -0.15) is 0 Å². The highest BCUT2D eigenvalue weighted by atomic mass is 16.3. The van der Waals surface area contributed by atoms with Crippen LogP contribution in [0.4, 0.5) is 5.82 Å². The number of aromatic nitrogens is 4. The van der Waals surface area contributed by atoms with Crippen LogP contribution in [0.25, 0.3) is 33.8 Å². The number of aryl methyl sites for hydroxylation is 1. The van der Waals surface area contributed by atoms with Gasteiger partial charge in [0.05, 0.1) is 41.9 Å². The standard InChI is InChI=1S/C19H18N2O.C12H13N3O.H2O/c1-14-6-2-4-8-16(14)18-12-21-19(13-20-18)17-9-5-3-7-15(17)10-11-22;13-12-8-14-11(7-15-12)10-4-2-1-3-9(10)5-6-16;/h2-9,12-13,22H,10-11H2,1H3;1-4,7-8,16H,5-6H2,(H2,13,15);1H2/p-1. The van der Waals surface area contributed by atoms with Crippen molar-refractivity contribution < 1.29 is 15.7 Å². The second kappa shape index (κ2) is 14.4. The number of hydrogen-bond donors (Lipinski definition) is 3. The Morgan fingerprint density at radius 2 is 0.974 bits per heavy atom. The molecule has 0 aliphatic rings. The predicted molar refractivity (Wildman–Crippen MR) is 153 cm³/mol. The topological polar surface area (TPSA) is 148 Å². The molecule has 0 saturated carbocycles. The molecule has 2 heterocycles. The first-order chi connectivity index (χ1) is 18.6.